The molecule has 1 aliphatic rings. The number of amides is 1. The zero-order chi connectivity index (χ0) is 17.6. The minimum Gasteiger partial charge on any atom is -0.387 e. The quantitative estimate of drug-likeness (QED) is 0.514. The molecule has 1 saturated heterocycles. The van der Waals surface area contributed by atoms with E-state index in [0.29, 0.717) is 17.0 Å². The van der Waals surface area contributed by atoms with E-state index in [0.717, 1.165) is 0 Å². The van der Waals surface area contributed by atoms with Crippen LogP contribution < -0.4 is 5.32 Å². The van der Waals surface area contributed by atoms with E-state index < -0.39 is 30.4 Å². The van der Waals surface area contributed by atoms with Gasteiger partial charge < -0.3 is 20.3 Å². The summed E-state index contributed by atoms with van der Waals surface area (Å²) in [4.78, 5) is 28.4. The number of hydrogen-bond acceptors (Lipinski definition) is 8. The molecular formula is C14H15N7O4. The van der Waals surface area contributed by atoms with E-state index >= 15 is 0 Å². The van der Waals surface area contributed by atoms with E-state index in [1.165, 1.54) is 24.3 Å². The van der Waals surface area contributed by atoms with Gasteiger partial charge in [-0.1, -0.05) is 0 Å². The molecule has 1 fully saturated rings. The Morgan fingerprint density at radius 3 is 2.80 bits per heavy atom. The molecule has 130 valence electrons. The Bertz CT molecular complexity index is 909. The van der Waals surface area contributed by atoms with Gasteiger partial charge in [-0.05, 0) is 0 Å². The van der Waals surface area contributed by atoms with E-state index in [1.807, 2.05) is 0 Å². The number of carbonyl (C=O) groups is 1. The van der Waals surface area contributed by atoms with Crippen LogP contribution in [-0.2, 0) is 9.53 Å². The van der Waals surface area contributed by atoms with Gasteiger partial charge in [0.1, 0.15) is 24.9 Å². The highest BCUT2D eigenvalue weighted by Crippen LogP contribution is 2.32. The second kappa shape index (κ2) is 5.88. The third-order valence-corrected chi connectivity index (χ3v) is 4.11. The highest BCUT2D eigenvalue weighted by atomic mass is 16.6. The molecule has 3 aromatic rings. The normalized spacial score (nSPS) is 26.2. The number of nitrogens with one attached hydrogen (secondary N) is 1. The second-order valence-corrected chi connectivity index (χ2v) is 5.53. The first-order valence-corrected chi connectivity index (χ1v) is 7.51. The summed E-state index contributed by atoms with van der Waals surface area (Å²) in [5, 5.41) is 22.8. The van der Waals surface area contributed by atoms with E-state index in [4.69, 9.17) is 4.74 Å². The highest BCUT2D eigenvalue weighted by molar-refractivity contribution is 5.82. The first-order chi connectivity index (χ1) is 12.1. The predicted octanol–water partition coefficient (Wildman–Crippen LogP) is -1.62. The van der Waals surface area contributed by atoms with Gasteiger partial charge in [-0.3, -0.25) is 13.9 Å². The van der Waals surface area contributed by atoms with Crippen LogP contribution in [0.15, 0.2) is 31.4 Å². The Balaban J connectivity index is 1.76. The number of carbonyl (C=O) groups excluding carboxylic acids is 1. The van der Waals surface area contributed by atoms with Crippen molar-refractivity contribution >= 4 is 17.1 Å². The molecule has 11 nitrogen and oxygen atoms in total. The van der Waals surface area contributed by atoms with Crippen molar-refractivity contribution in [2.45, 2.75) is 24.5 Å². The first kappa shape index (κ1) is 15.6. The summed E-state index contributed by atoms with van der Waals surface area (Å²) >= 11 is 0. The van der Waals surface area contributed by atoms with Gasteiger partial charge in [0.25, 0.3) is 5.91 Å². The average molecular weight is 345 g/mol. The van der Waals surface area contributed by atoms with Crippen molar-refractivity contribution in [2.24, 2.45) is 0 Å². The summed E-state index contributed by atoms with van der Waals surface area (Å²) in [7, 11) is 1.43. The van der Waals surface area contributed by atoms with Crippen molar-refractivity contribution < 1.29 is 19.7 Å². The molecule has 0 spiro atoms. The molecule has 0 saturated carbocycles. The maximum Gasteiger partial charge on any atom is 0.251 e. The summed E-state index contributed by atoms with van der Waals surface area (Å²) in [6, 6.07) is 0. The van der Waals surface area contributed by atoms with Crippen LogP contribution in [0.1, 0.15) is 6.23 Å². The van der Waals surface area contributed by atoms with Gasteiger partial charge in [0.15, 0.2) is 29.3 Å². The SMILES string of the molecule is CNC(=O)[C@H]1O[C@@H](n2cnc3c(-n4ccnc4)ncnc32)[C@H](O)[C@@H]1O. The van der Waals surface area contributed by atoms with Gasteiger partial charge in [0.2, 0.25) is 0 Å². The van der Waals surface area contributed by atoms with E-state index in [1.54, 1.807) is 23.3 Å². The predicted molar refractivity (Wildman–Crippen MR) is 82.4 cm³/mol. The van der Waals surface area contributed by atoms with Gasteiger partial charge in [0.05, 0.1) is 6.33 Å². The maximum atomic E-state index is 11.8. The molecule has 11 heteroatoms. The number of likely N-dealkylation sites (N-methyl/N-ethyl adjacent to an activating group) is 1. The lowest BCUT2D eigenvalue weighted by Crippen LogP contribution is -2.41. The van der Waals surface area contributed by atoms with Crippen molar-refractivity contribution in [3.8, 4) is 5.82 Å². The fraction of sp³-hybridized carbons (Fsp3) is 0.357. The molecule has 3 N–H and O–H groups in total. The molecule has 0 aliphatic carbocycles. The molecule has 4 heterocycles. The summed E-state index contributed by atoms with van der Waals surface area (Å²) < 4.78 is 8.70. The second-order valence-electron chi connectivity index (χ2n) is 5.53. The maximum absolute atomic E-state index is 11.8. The minimum atomic E-state index is -1.36. The highest BCUT2D eigenvalue weighted by Gasteiger charge is 2.47. The summed E-state index contributed by atoms with van der Waals surface area (Å²) in [6.07, 6.45) is 2.81. The number of fused-ring (bicyclic) bond motifs is 1. The largest absolute Gasteiger partial charge is 0.387 e. The number of rotatable bonds is 3. The number of nitrogens with zero attached hydrogens (tertiary/aromatic N) is 6. The van der Waals surface area contributed by atoms with Crippen LogP contribution in [0.25, 0.3) is 17.0 Å². The standard InChI is InChI=1S/C14H15N7O4/c1-15-13(24)10-8(22)9(23)14(25-10)21-6-19-7-11(17-4-18-12(7)21)20-3-2-16-5-20/h2-6,8-10,14,22-23H,1H3,(H,15,24)/t8-,9+,10-,14+/m0/s1. The molecule has 25 heavy (non-hydrogen) atoms. The van der Waals surface area contributed by atoms with E-state index in [2.05, 4.69) is 25.3 Å². The van der Waals surface area contributed by atoms with Gasteiger partial charge in [0, 0.05) is 19.4 Å². The first-order valence-electron chi connectivity index (χ1n) is 7.51. The van der Waals surface area contributed by atoms with Crippen molar-refractivity contribution in [3.05, 3.63) is 31.4 Å². The number of hydrogen-bond donors (Lipinski definition) is 3. The summed E-state index contributed by atoms with van der Waals surface area (Å²) in [5.74, 6) is -0.00987. The number of aromatic nitrogens is 6. The van der Waals surface area contributed by atoms with Crippen LogP contribution in [0.4, 0.5) is 0 Å². The number of imidazole rings is 2. The van der Waals surface area contributed by atoms with Crippen LogP contribution >= 0.6 is 0 Å². The lowest BCUT2D eigenvalue weighted by molar-refractivity contribution is -0.137. The molecule has 0 unspecified atom stereocenters. The molecule has 0 aromatic carbocycles. The zero-order valence-corrected chi connectivity index (χ0v) is 13.1. The molecule has 3 aromatic heterocycles. The van der Waals surface area contributed by atoms with Gasteiger partial charge in [-0.25, -0.2) is 19.9 Å². The molecule has 1 amide bonds. The van der Waals surface area contributed by atoms with Crippen LogP contribution in [0.3, 0.4) is 0 Å². The monoisotopic (exact) mass is 345 g/mol. The van der Waals surface area contributed by atoms with Crippen molar-refractivity contribution in [3.63, 3.8) is 0 Å². The molecule has 1 aliphatic heterocycles. The fourth-order valence-electron chi connectivity index (χ4n) is 2.85. The third kappa shape index (κ3) is 2.36. The number of aliphatic hydroxyl groups is 2. The third-order valence-electron chi connectivity index (χ3n) is 4.11. The van der Waals surface area contributed by atoms with Crippen molar-refractivity contribution in [2.75, 3.05) is 7.05 Å². The fourth-order valence-corrected chi connectivity index (χ4v) is 2.85. The number of ether oxygens (including phenoxy) is 1. The summed E-state index contributed by atoms with van der Waals surface area (Å²) in [6.45, 7) is 0. The Morgan fingerprint density at radius 1 is 1.24 bits per heavy atom. The average Bonchev–Trinajstić information content (AvgIpc) is 3.35. The molecule has 4 rings (SSSR count). The van der Waals surface area contributed by atoms with E-state index in [-0.39, 0.29) is 0 Å². The van der Waals surface area contributed by atoms with Gasteiger partial charge >= 0.3 is 0 Å². The van der Waals surface area contributed by atoms with Crippen LogP contribution in [-0.4, -0.2) is 70.5 Å². The van der Waals surface area contributed by atoms with Crippen LogP contribution in [0.5, 0.6) is 0 Å². The Labute approximate surface area is 140 Å². The number of aliphatic hydroxyl groups excluding tert-OH is 2. The van der Waals surface area contributed by atoms with Crippen LogP contribution in [0.2, 0.25) is 0 Å². The molecule has 0 radical (unpaired) electrons. The lowest BCUT2D eigenvalue weighted by atomic mass is 10.1. The van der Waals surface area contributed by atoms with Gasteiger partial charge in [-0.15, -0.1) is 0 Å². The lowest BCUT2D eigenvalue weighted by Gasteiger charge is -2.16. The molecule has 0 bridgehead atoms. The topological polar surface area (TPSA) is 140 Å². The Morgan fingerprint density at radius 2 is 2.08 bits per heavy atom. The summed E-state index contributed by atoms with van der Waals surface area (Å²) in [5.41, 5.74) is 0.863. The Kier molecular flexibility index (Phi) is 3.67. The Hall–Kier alpha value is -2.89. The van der Waals surface area contributed by atoms with Crippen molar-refractivity contribution in [1.29, 1.82) is 0 Å². The van der Waals surface area contributed by atoms with Gasteiger partial charge in [-0.2, -0.15) is 0 Å². The smallest absolute Gasteiger partial charge is 0.251 e. The zero-order valence-electron chi connectivity index (χ0n) is 13.1. The van der Waals surface area contributed by atoms with Crippen LogP contribution in [0, 0.1) is 0 Å². The molecular weight excluding hydrogens is 330 g/mol. The van der Waals surface area contributed by atoms with E-state index in [9.17, 15) is 15.0 Å². The minimum absolute atomic E-state index is 0.396. The molecule has 4 atom stereocenters. The van der Waals surface area contributed by atoms with Crippen molar-refractivity contribution in [1.82, 2.24) is 34.4 Å².